The second kappa shape index (κ2) is 8.42. The number of pyridine rings is 1. The maximum Gasteiger partial charge on any atom is 0.159 e. The van der Waals surface area contributed by atoms with Gasteiger partial charge in [0.15, 0.2) is 11.2 Å². The van der Waals surface area contributed by atoms with Crippen LogP contribution >= 0.6 is 0 Å². The summed E-state index contributed by atoms with van der Waals surface area (Å²) in [6.45, 7) is 8.00. The van der Waals surface area contributed by atoms with E-state index in [2.05, 4.69) is 76.3 Å². The lowest BCUT2D eigenvalue weighted by molar-refractivity contribution is 0.664. The number of para-hydroxylation sites is 3. The van der Waals surface area contributed by atoms with Gasteiger partial charge in [0.2, 0.25) is 0 Å². The van der Waals surface area contributed by atoms with Gasteiger partial charge in [0, 0.05) is 27.7 Å². The summed E-state index contributed by atoms with van der Waals surface area (Å²) in [6, 6.07) is 25.4. The van der Waals surface area contributed by atoms with Crippen LogP contribution in [0.25, 0.3) is 49.4 Å². The zero-order valence-electron chi connectivity index (χ0n) is 17.9. The first-order chi connectivity index (χ1) is 14.9. The van der Waals surface area contributed by atoms with E-state index in [1.807, 2.05) is 40.0 Å². The van der Waals surface area contributed by atoms with Crippen molar-refractivity contribution in [3.8, 4) is 5.69 Å². The highest BCUT2D eigenvalue weighted by atomic mass is 16.3. The first-order valence-electron chi connectivity index (χ1n) is 10.7. The summed E-state index contributed by atoms with van der Waals surface area (Å²) < 4.78 is 8.52. The van der Waals surface area contributed by atoms with Gasteiger partial charge in [-0.2, -0.15) is 0 Å². The molecule has 0 fully saturated rings. The number of rotatable bonds is 1. The van der Waals surface area contributed by atoms with E-state index in [0.29, 0.717) is 0 Å². The molecule has 3 heterocycles. The molecule has 0 aliphatic rings. The minimum atomic E-state index is 0.815. The number of fused-ring (bicyclic) bond motifs is 6. The van der Waals surface area contributed by atoms with Crippen LogP contribution in [0.4, 0.5) is 0 Å². The van der Waals surface area contributed by atoms with Gasteiger partial charge in [0.05, 0.1) is 22.9 Å². The summed E-state index contributed by atoms with van der Waals surface area (Å²) in [5.41, 5.74) is 5.12. The lowest BCUT2D eigenvalue weighted by Gasteiger charge is -2.08. The SMILES string of the molecule is CC.CC.c1cc(-n2c3ccccc3c3ccccc32)c2oc3cnccc3c2c1. The van der Waals surface area contributed by atoms with Crippen LogP contribution in [0.15, 0.2) is 89.6 Å². The Bertz CT molecular complexity index is 1390. The molecule has 0 spiro atoms. The zero-order chi connectivity index (χ0) is 21.1. The standard InChI is InChI=1S/C23H14N2O.2C2H6/c1-3-9-19-15(6-1)16-7-2-4-10-20(16)25(19)21-11-5-8-18-17-12-13-24-14-22(17)26-23(18)21;2*1-2/h1-14H;2*1-2H3. The van der Waals surface area contributed by atoms with Crippen LogP contribution in [0, 0.1) is 0 Å². The lowest BCUT2D eigenvalue weighted by atomic mass is 10.1. The summed E-state index contributed by atoms with van der Waals surface area (Å²) in [5.74, 6) is 0. The summed E-state index contributed by atoms with van der Waals surface area (Å²) in [4.78, 5) is 4.20. The monoisotopic (exact) mass is 394 g/mol. The van der Waals surface area contributed by atoms with E-state index in [-0.39, 0.29) is 0 Å². The van der Waals surface area contributed by atoms with Gasteiger partial charge in [0.25, 0.3) is 0 Å². The first kappa shape index (κ1) is 19.7. The summed E-state index contributed by atoms with van der Waals surface area (Å²) in [5, 5.41) is 4.70. The van der Waals surface area contributed by atoms with Crippen molar-refractivity contribution in [3.63, 3.8) is 0 Å². The fourth-order valence-electron chi connectivity index (χ4n) is 4.00. The van der Waals surface area contributed by atoms with Crippen molar-refractivity contribution in [1.82, 2.24) is 9.55 Å². The molecule has 0 bridgehead atoms. The zero-order valence-corrected chi connectivity index (χ0v) is 17.9. The molecule has 0 radical (unpaired) electrons. The van der Waals surface area contributed by atoms with Gasteiger partial charge >= 0.3 is 0 Å². The van der Waals surface area contributed by atoms with Crippen LogP contribution in [0.2, 0.25) is 0 Å². The Morgan fingerprint density at radius 1 is 0.633 bits per heavy atom. The molecular formula is C27H26N2O. The first-order valence-corrected chi connectivity index (χ1v) is 10.7. The molecule has 3 nitrogen and oxygen atoms in total. The maximum absolute atomic E-state index is 6.22. The molecular weight excluding hydrogens is 368 g/mol. The van der Waals surface area contributed by atoms with Gasteiger partial charge in [-0.25, -0.2) is 0 Å². The Morgan fingerprint density at radius 3 is 1.90 bits per heavy atom. The highest BCUT2D eigenvalue weighted by Crippen LogP contribution is 2.37. The minimum absolute atomic E-state index is 0.815. The molecule has 3 aromatic carbocycles. The molecule has 150 valence electrons. The highest BCUT2D eigenvalue weighted by Gasteiger charge is 2.16. The van der Waals surface area contributed by atoms with Crippen LogP contribution in [0.3, 0.4) is 0 Å². The molecule has 6 rings (SSSR count). The molecule has 3 heteroatoms. The fraction of sp³-hybridized carbons (Fsp3) is 0.148. The van der Waals surface area contributed by atoms with Gasteiger partial charge in [-0.3, -0.25) is 4.98 Å². The van der Waals surface area contributed by atoms with E-state index in [9.17, 15) is 0 Å². The van der Waals surface area contributed by atoms with E-state index < -0.39 is 0 Å². The lowest BCUT2D eigenvalue weighted by Crippen LogP contribution is -1.93. The molecule has 30 heavy (non-hydrogen) atoms. The molecule has 0 saturated carbocycles. The average Bonchev–Trinajstić information content (AvgIpc) is 3.38. The second-order valence-electron chi connectivity index (χ2n) is 6.50. The molecule has 3 aromatic heterocycles. The van der Waals surface area contributed by atoms with Crippen LogP contribution in [-0.4, -0.2) is 9.55 Å². The van der Waals surface area contributed by atoms with Crippen LogP contribution in [-0.2, 0) is 0 Å². The second-order valence-corrected chi connectivity index (χ2v) is 6.50. The molecule has 0 N–H and O–H groups in total. The van der Waals surface area contributed by atoms with Crippen LogP contribution in [0.1, 0.15) is 27.7 Å². The predicted molar refractivity (Wildman–Crippen MR) is 129 cm³/mol. The van der Waals surface area contributed by atoms with Gasteiger partial charge in [-0.1, -0.05) is 76.2 Å². The molecule has 6 aromatic rings. The molecule has 0 saturated heterocycles. The quantitative estimate of drug-likeness (QED) is 0.282. The van der Waals surface area contributed by atoms with Gasteiger partial charge in [-0.15, -0.1) is 0 Å². The van der Waals surface area contributed by atoms with Gasteiger partial charge in [-0.05, 0) is 24.3 Å². The largest absolute Gasteiger partial charge is 0.452 e. The van der Waals surface area contributed by atoms with E-state index in [1.165, 1.54) is 21.8 Å². The van der Waals surface area contributed by atoms with Crippen LogP contribution in [0.5, 0.6) is 0 Å². The molecule has 0 unspecified atom stereocenters. The van der Waals surface area contributed by atoms with Gasteiger partial charge in [0.1, 0.15) is 0 Å². The Morgan fingerprint density at radius 2 is 1.23 bits per heavy atom. The number of hydrogen-bond acceptors (Lipinski definition) is 2. The van der Waals surface area contributed by atoms with Gasteiger partial charge < -0.3 is 8.98 Å². The third kappa shape index (κ3) is 2.94. The number of benzene rings is 3. The molecule has 0 aliphatic carbocycles. The highest BCUT2D eigenvalue weighted by molar-refractivity contribution is 6.12. The fourth-order valence-corrected chi connectivity index (χ4v) is 4.00. The third-order valence-corrected chi connectivity index (χ3v) is 5.10. The third-order valence-electron chi connectivity index (χ3n) is 5.10. The molecule has 0 amide bonds. The topological polar surface area (TPSA) is 31.0 Å². The Balaban J connectivity index is 0.000000516. The van der Waals surface area contributed by atoms with E-state index in [4.69, 9.17) is 4.42 Å². The van der Waals surface area contributed by atoms with Crippen LogP contribution < -0.4 is 0 Å². The summed E-state index contributed by atoms with van der Waals surface area (Å²) in [6.07, 6.45) is 3.59. The van der Waals surface area contributed by atoms with Crippen molar-refractivity contribution in [3.05, 3.63) is 85.2 Å². The van der Waals surface area contributed by atoms with Crippen molar-refractivity contribution >= 4 is 43.7 Å². The van der Waals surface area contributed by atoms with E-state index in [0.717, 1.165) is 27.6 Å². The van der Waals surface area contributed by atoms with Crippen molar-refractivity contribution in [2.24, 2.45) is 0 Å². The van der Waals surface area contributed by atoms with Crippen molar-refractivity contribution in [2.45, 2.75) is 27.7 Å². The smallest absolute Gasteiger partial charge is 0.159 e. The van der Waals surface area contributed by atoms with E-state index in [1.54, 1.807) is 6.20 Å². The normalized spacial score (nSPS) is 10.7. The van der Waals surface area contributed by atoms with Crippen molar-refractivity contribution < 1.29 is 4.42 Å². The summed E-state index contributed by atoms with van der Waals surface area (Å²) >= 11 is 0. The van der Waals surface area contributed by atoms with Crippen molar-refractivity contribution in [2.75, 3.05) is 0 Å². The number of furan rings is 1. The average molecular weight is 395 g/mol. The molecule has 0 aliphatic heterocycles. The summed E-state index contributed by atoms with van der Waals surface area (Å²) in [7, 11) is 0. The number of nitrogens with zero attached hydrogens (tertiary/aromatic N) is 2. The minimum Gasteiger partial charge on any atom is -0.452 e. The molecule has 0 atom stereocenters. The Kier molecular flexibility index (Phi) is 5.53. The van der Waals surface area contributed by atoms with E-state index >= 15 is 0 Å². The predicted octanol–water partition coefficient (Wildman–Crippen LogP) is 8.13. The Hall–Kier alpha value is -3.59. The Labute approximate surface area is 176 Å². The van der Waals surface area contributed by atoms with Crippen molar-refractivity contribution in [1.29, 1.82) is 0 Å². The number of aromatic nitrogens is 2. The number of hydrogen-bond donors (Lipinski definition) is 0. The maximum atomic E-state index is 6.22.